The third-order valence-corrected chi connectivity index (χ3v) is 8.60. The lowest BCUT2D eigenvalue weighted by molar-refractivity contribution is -0.125. The van der Waals surface area contributed by atoms with E-state index in [1.54, 1.807) is 12.4 Å². The van der Waals surface area contributed by atoms with Crippen molar-refractivity contribution in [3.8, 4) is 22.6 Å². The third-order valence-electron chi connectivity index (χ3n) is 8.60. The number of carbonyl (C=O) groups is 1. The maximum atomic E-state index is 13.1. The molecular weight excluding hydrogens is 512 g/mol. The molecule has 2 aliphatic carbocycles. The fourth-order valence-electron chi connectivity index (χ4n) is 6.15. The van der Waals surface area contributed by atoms with Crippen LogP contribution in [0.2, 0.25) is 0 Å². The van der Waals surface area contributed by atoms with E-state index in [1.807, 2.05) is 53.4 Å². The van der Waals surface area contributed by atoms with Crippen molar-refractivity contribution in [1.29, 1.82) is 0 Å². The van der Waals surface area contributed by atoms with Gasteiger partial charge < -0.3 is 19.9 Å². The zero-order valence-corrected chi connectivity index (χ0v) is 23.4. The van der Waals surface area contributed by atoms with Crippen LogP contribution in [0.25, 0.3) is 22.2 Å². The van der Waals surface area contributed by atoms with Crippen LogP contribution in [-0.2, 0) is 4.79 Å². The van der Waals surface area contributed by atoms with Gasteiger partial charge in [-0.2, -0.15) is 0 Å². The van der Waals surface area contributed by atoms with Crippen LogP contribution in [0.3, 0.4) is 0 Å². The van der Waals surface area contributed by atoms with E-state index < -0.39 is 0 Å². The molecule has 210 valence electrons. The van der Waals surface area contributed by atoms with E-state index in [9.17, 15) is 4.79 Å². The summed E-state index contributed by atoms with van der Waals surface area (Å²) in [5, 5.41) is 0.902. The molecule has 8 nitrogen and oxygen atoms in total. The number of hydrogen-bond acceptors (Lipinski definition) is 6. The van der Waals surface area contributed by atoms with Gasteiger partial charge in [-0.15, -0.1) is 0 Å². The molecule has 0 bridgehead atoms. The number of nitrogen functional groups attached to an aromatic ring is 1. The Kier molecular flexibility index (Phi) is 6.71. The van der Waals surface area contributed by atoms with Crippen LogP contribution in [0.15, 0.2) is 73.1 Å². The molecule has 1 aliphatic heterocycles. The smallest absolute Gasteiger partial charge is 0.246 e. The second-order valence-electron chi connectivity index (χ2n) is 11.6. The molecule has 41 heavy (non-hydrogen) atoms. The van der Waals surface area contributed by atoms with Gasteiger partial charge in [0.1, 0.15) is 29.3 Å². The predicted molar refractivity (Wildman–Crippen MR) is 161 cm³/mol. The highest BCUT2D eigenvalue weighted by atomic mass is 16.5. The Balaban J connectivity index is 1.19. The molecule has 2 aromatic heterocycles. The van der Waals surface area contributed by atoms with Crippen molar-refractivity contribution in [3.05, 3.63) is 78.8 Å². The molecule has 3 aliphatic rings. The van der Waals surface area contributed by atoms with Crippen LogP contribution in [0.1, 0.15) is 49.8 Å². The SMILES string of the molecule is CN(CC=CC(=O)N1CCC(n2c(C3CC3)c(-c3ccc(Oc4ccccc4)cc3)c3c(N)ncnc32)C1)C1CC1. The fourth-order valence-corrected chi connectivity index (χ4v) is 6.15. The van der Waals surface area contributed by atoms with Crippen LogP contribution in [-0.4, -0.2) is 63.0 Å². The van der Waals surface area contributed by atoms with Crippen molar-refractivity contribution >= 4 is 22.8 Å². The van der Waals surface area contributed by atoms with Gasteiger partial charge >= 0.3 is 0 Å². The average molecular weight is 549 g/mol. The summed E-state index contributed by atoms with van der Waals surface area (Å²) < 4.78 is 8.43. The normalized spacial score (nSPS) is 19.1. The summed E-state index contributed by atoms with van der Waals surface area (Å²) >= 11 is 0. The van der Waals surface area contributed by atoms with Gasteiger partial charge in [-0.25, -0.2) is 9.97 Å². The summed E-state index contributed by atoms with van der Waals surface area (Å²) in [6.45, 7) is 2.21. The lowest BCUT2D eigenvalue weighted by atomic mass is 10.0. The number of para-hydroxylation sites is 1. The number of likely N-dealkylation sites (tertiary alicyclic amines) is 1. The van der Waals surface area contributed by atoms with E-state index in [0.29, 0.717) is 24.3 Å². The van der Waals surface area contributed by atoms with E-state index in [0.717, 1.165) is 66.0 Å². The van der Waals surface area contributed by atoms with Gasteiger partial charge in [-0.05, 0) is 74.9 Å². The highest BCUT2D eigenvalue weighted by Crippen LogP contribution is 2.51. The Morgan fingerprint density at radius 1 is 1.02 bits per heavy atom. The van der Waals surface area contributed by atoms with Crippen LogP contribution in [0, 0.1) is 0 Å². The minimum Gasteiger partial charge on any atom is -0.457 e. The first kappa shape index (κ1) is 25.8. The van der Waals surface area contributed by atoms with Gasteiger partial charge in [-0.3, -0.25) is 9.69 Å². The minimum absolute atomic E-state index is 0.0875. The van der Waals surface area contributed by atoms with Gasteiger partial charge in [0.25, 0.3) is 0 Å². The fraction of sp³-hybridized carbons (Fsp3) is 0.364. The van der Waals surface area contributed by atoms with Gasteiger partial charge in [0, 0.05) is 43.0 Å². The monoisotopic (exact) mass is 548 g/mol. The van der Waals surface area contributed by atoms with Gasteiger partial charge in [0.05, 0.1) is 11.4 Å². The summed E-state index contributed by atoms with van der Waals surface area (Å²) in [4.78, 5) is 26.5. The standard InChI is InChI=1S/C33H36N6O2/c1-37(24-13-14-24)18-5-8-28(40)38-19-17-25(20-38)39-31(23-9-10-23)29(30-32(34)35-21-36-33(30)39)22-11-15-27(16-12-22)41-26-6-3-2-4-7-26/h2-8,11-12,15-16,21,23-25H,9-10,13-14,17-20H2,1H3,(H2,34,35,36). The Hall–Kier alpha value is -4.17. The number of amides is 1. The number of anilines is 1. The van der Waals surface area contributed by atoms with Crippen molar-refractivity contribution in [2.75, 3.05) is 32.4 Å². The third kappa shape index (κ3) is 5.20. The second kappa shape index (κ2) is 10.7. The molecule has 0 spiro atoms. The molecule has 3 fully saturated rings. The highest BCUT2D eigenvalue weighted by molar-refractivity contribution is 6.03. The van der Waals surface area contributed by atoms with Crippen molar-refractivity contribution < 1.29 is 9.53 Å². The number of carbonyl (C=O) groups excluding carboxylic acids is 1. The number of benzene rings is 2. The Morgan fingerprint density at radius 3 is 2.51 bits per heavy atom. The summed E-state index contributed by atoms with van der Waals surface area (Å²) in [5.41, 5.74) is 10.9. The van der Waals surface area contributed by atoms with Gasteiger partial charge in [0.2, 0.25) is 5.91 Å². The maximum absolute atomic E-state index is 13.1. The molecular formula is C33H36N6O2. The van der Waals surface area contributed by atoms with Gasteiger partial charge in [-0.1, -0.05) is 36.4 Å². The van der Waals surface area contributed by atoms with E-state index in [1.165, 1.54) is 18.5 Å². The van der Waals surface area contributed by atoms with Gasteiger partial charge in [0.15, 0.2) is 0 Å². The Morgan fingerprint density at radius 2 is 1.78 bits per heavy atom. The quantitative estimate of drug-likeness (QED) is 0.267. The first-order valence-corrected chi connectivity index (χ1v) is 14.7. The molecule has 1 amide bonds. The largest absolute Gasteiger partial charge is 0.457 e. The number of ether oxygens (including phenoxy) is 1. The zero-order valence-electron chi connectivity index (χ0n) is 23.4. The zero-order chi connectivity index (χ0) is 27.9. The maximum Gasteiger partial charge on any atom is 0.246 e. The molecule has 2 saturated carbocycles. The van der Waals surface area contributed by atoms with Crippen LogP contribution in [0.5, 0.6) is 11.5 Å². The molecule has 3 heterocycles. The average Bonchev–Trinajstić information content (AvgIpc) is 3.93. The highest BCUT2D eigenvalue weighted by Gasteiger charge is 2.38. The molecule has 1 saturated heterocycles. The number of nitrogens with two attached hydrogens (primary N) is 1. The van der Waals surface area contributed by atoms with Crippen molar-refractivity contribution in [2.24, 2.45) is 0 Å². The number of hydrogen-bond donors (Lipinski definition) is 1. The van der Waals surface area contributed by atoms with Crippen LogP contribution < -0.4 is 10.5 Å². The lowest BCUT2D eigenvalue weighted by Gasteiger charge is -2.19. The minimum atomic E-state index is 0.0875. The summed E-state index contributed by atoms with van der Waals surface area (Å²) in [5.74, 6) is 2.61. The molecule has 4 aromatic rings. The molecule has 7 rings (SSSR count). The molecule has 1 unspecified atom stereocenters. The van der Waals surface area contributed by atoms with Crippen molar-refractivity contribution in [2.45, 2.75) is 50.1 Å². The molecule has 0 radical (unpaired) electrons. The van der Waals surface area contributed by atoms with E-state index in [-0.39, 0.29) is 11.9 Å². The topological polar surface area (TPSA) is 89.5 Å². The number of fused-ring (bicyclic) bond motifs is 1. The van der Waals surface area contributed by atoms with Crippen LogP contribution >= 0.6 is 0 Å². The van der Waals surface area contributed by atoms with E-state index in [2.05, 4.69) is 33.6 Å². The number of aromatic nitrogens is 3. The van der Waals surface area contributed by atoms with Crippen LogP contribution in [0.4, 0.5) is 5.82 Å². The van der Waals surface area contributed by atoms with E-state index >= 15 is 0 Å². The molecule has 8 heteroatoms. The predicted octanol–water partition coefficient (Wildman–Crippen LogP) is 5.77. The summed E-state index contributed by atoms with van der Waals surface area (Å²) in [6.07, 6.45) is 11.0. The number of nitrogens with zero attached hydrogens (tertiary/aromatic N) is 5. The van der Waals surface area contributed by atoms with Crippen molar-refractivity contribution in [1.82, 2.24) is 24.3 Å². The second-order valence-corrected chi connectivity index (χ2v) is 11.6. The molecule has 2 aromatic carbocycles. The summed E-state index contributed by atoms with van der Waals surface area (Å²) in [6, 6.07) is 18.8. The first-order valence-electron chi connectivity index (χ1n) is 14.7. The number of likely N-dealkylation sites (N-methyl/N-ethyl adjacent to an activating group) is 1. The summed E-state index contributed by atoms with van der Waals surface area (Å²) in [7, 11) is 2.13. The van der Waals surface area contributed by atoms with E-state index in [4.69, 9.17) is 15.5 Å². The molecule has 1 atom stereocenters. The molecule has 2 N–H and O–H groups in total. The Labute approximate surface area is 240 Å². The Bertz CT molecular complexity index is 1590. The van der Waals surface area contributed by atoms with Crippen molar-refractivity contribution in [3.63, 3.8) is 0 Å². The number of rotatable bonds is 9. The lowest BCUT2D eigenvalue weighted by Crippen LogP contribution is -2.28. The first-order chi connectivity index (χ1) is 20.1.